The molecular weight excluding hydrogens is 609 g/mol. The predicted octanol–water partition coefficient (Wildman–Crippen LogP) is 7.76. The van der Waals surface area contributed by atoms with Crippen molar-refractivity contribution in [3.8, 4) is 16.9 Å². The Balaban J connectivity index is 1.23. The predicted molar refractivity (Wildman–Crippen MR) is 184 cm³/mol. The molecule has 1 aromatic heterocycles. The third-order valence-corrected chi connectivity index (χ3v) is 9.53. The molecule has 2 N–H and O–H groups in total. The van der Waals surface area contributed by atoms with Crippen LogP contribution in [-0.4, -0.2) is 35.0 Å². The highest BCUT2D eigenvalue weighted by atomic mass is 32.2. The molecule has 0 unspecified atom stereocenters. The topological polar surface area (TPSA) is 89.9 Å². The second-order valence-corrected chi connectivity index (χ2v) is 12.6. The van der Waals surface area contributed by atoms with Gasteiger partial charge in [-0.05, 0) is 64.2 Å². The fraction of sp³-hybridized carbons (Fsp3) is 0.231. The number of nitrogens with zero attached hydrogens (tertiary/aromatic N) is 1. The fourth-order valence-corrected chi connectivity index (χ4v) is 6.92. The molecule has 8 heteroatoms. The lowest BCUT2D eigenvalue weighted by Gasteiger charge is -2.41. The summed E-state index contributed by atoms with van der Waals surface area (Å²) < 4.78 is 19.0. The van der Waals surface area contributed by atoms with Crippen LogP contribution in [0.5, 0.6) is 5.75 Å². The normalized spacial score (nSPS) is 19.2. The van der Waals surface area contributed by atoms with Crippen LogP contribution in [0, 0.1) is 5.92 Å². The smallest absolute Gasteiger partial charge is 0.253 e. The van der Waals surface area contributed by atoms with Crippen LogP contribution in [0.15, 0.2) is 126 Å². The SMILES string of the molecule is COc1ccccc1SC[C@H]1O[C@@H](c2cccc(-c3cccc(CNC(=O)c4cccnc4)c3)c2)O[C@@H](c2ccc(CO)cc2)[C@H]1C. The Morgan fingerprint density at radius 3 is 2.43 bits per heavy atom. The molecule has 5 aromatic rings. The maximum atomic E-state index is 12.6. The van der Waals surface area contributed by atoms with Crippen LogP contribution in [0.2, 0.25) is 0 Å². The number of rotatable bonds is 11. The largest absolute Gasteiger partial charge is 0.496 e. The molecule has 240 valence electrons. The van der Waals surface area contributed by atoms with Crippen molar-refractivity contribution in [3.63, 3.8) is 0 Å². The van der Waals surface area contributed by atoms with E-state index in [1.807, 2.05) is 66.7 Å². The Morgan fingerprint density at radius 1 is 0.872 bits per heavy atom. The van der Waals surface area contributed by atoms with Crippen molar-refractivity contribution in [1.82, 2.24) is 10.3 Å². The van der Waals surface area contributed by atoms with Gasteiger partial charge in [0.1, 0.15) is 5.75 Å². The van der Waals surface area contributed by atoms with Gasteiger partial charge in [-0.2, -0.15) is 0 Å². The van der Waals surface area contributed by atoms with E-state index in [0.717, 1.165) is 49.8 Å². The van der Waals surface area contributed by atoms with E-state index in [1.165, 1.54) is 0 Å². The number of methoxy groups -OCH3 is 1. The first-order valence-electron chi connectivity index (χ1n) is 15.7. The molecule has 47 heavy (non-hydrogen) atoms. The molecule has 2 heterocycles. The van der Waals surface area contributed by atoms with E-state index in [1.54, 1.807) is 43.4 Å². The van der Waals surface area contributed by atoms with Crippen molar-refractivity contribution in [2.24, 2.45) is 5.92 Å². The van der Waals surface area contributed by atoms with Crippen molar-refractivity contribution in [1.29, 1.82) is 0 Å². The number of aromatic nitrogens is 1. The summed E-state index contributed by atoms with van der Waals surface area (Å²) in [5.41, 5.74) is 6.41. The van der Waals surface area contributed by atoms with Gasteiger partial charge in [0.15, 0.2) is 6.29 Å². The number of amides is 1. The molecule has 4 aromatic carbocycles. The van der Waals surface area contributed by atoms with Crippen LogP contribution in [-0.2, 0) is 22.6 Å². The average molecular weight is 647 g/mol. The summed E-state index contributed by atoms with van der Waals surface area (Å²) in [4.78, 5) is 17.7. The number of aliphatic hydroxyl groups excluding tert-OH is 1. The van der Waals surface area contributed by atoms with Gasteiger partial charge in [0.2, 0.25) is 0 Å². The Labute approximate surface area is 279 Å². The van der Waals surface area contributed by atoms with Gasteiger partial charge in [-0.3, -0.25) is 9.78 Å². The number of ether oxygens (including phenoxy) is 3. The molecule has 1 aliphatic heterocycles. The van der Waals surface area contributed by atoms with Gasteiger partial charge in [-0.15, -0.1) is 11.8 Å². The lowest BCUT2D eigenvalue weighted by molar-refractivity contribution is -0.268. The lowest BCUT2D eigenvalue weighted by atomic mass is 9.91. The number of hydrogen-bond donors (Lipinski definition) is 2. The number of para-hydroxylation sites is 1. The van der Waals surface area contributed by atoms with Gasteiger partial charge in [-0.25, -0.2) is 0 Å². The monoisotopic (exact) mass is 646 g/mol. The van der Waals surface area contributed by atoms with E-state index >= 15 is 0 Å². The summed E-state index contributed by atoms with van der Waals surface area (Å²) in [6.07, 6.45) is 2.31. The molecule has 0 bridgehead atoms. The first-order valence-corrected chi connectivity index (χ1v) is 16.6. The first kappa shape index (κ1) is 32.5. The van der Waals surface area contributed by atoms with Crippen LogP contribution in [0.3, 0.4) is 0 Å². The molecule has 7 nitrogen and oxygen atoms in total. The van der Waals surface area contributed by atoms with Crippen molar-refractivity contribution in [2.75, 3.05) is 12.9 Å². The molecule has 1 fully saturated rings. The second kappa shape index (κ2) is 15.4. The second-order valence-electron chi connectivity index (χ2n) is 11.5. The van der Waals surface area contributed by atoms with Crippen LogP contribution in [0.4, 0.5) is 0 Å². The zero-order valence-electron chi connectivity index (χ0n) is 26.4. The zero-order valence-corrected chi connectivity index (χ0v) is 27.2. The minimum atomic E-state index is -0.584. The highest BCUT2D eigenvalue weighted by molar-refractivity contribution is 7.99. The van der Waals surface area contributed by atoms with Crippen LogP contribution >= 0.6 is 11.8 Å². The summed E-state index contributed by atoms with van der Waals surface area (Å²) in [7, 11) is 1.69. The number of benzene rings is 4. The zero-order chi connectivity index (χ0) is 32.6. The van der Waals surface area contributed by atoms with Gasteiger partial charge in [-0.1, -0.05) is 79.7 Å². The summed E-state index contributed by atoms with van der Waals surface area (Å²) >= 11 is 1.72. The van der Waals surface area contributed by atoms with Crippen LogP contribution in [0.1, 0.15) is 51.9 Å². The van der Waals surface area contributed by atoms with Crippen LogP contribution < -0.4 is 10.1 Å². The van der Waals surface area contributed by atoms with E-state index in [0.29, 0.717) is 12.1 Å². The quantitative estimate of drug-likeness (QED) is 0.142. The van der Waals surface area contributed by atoms with E-state index in [9.17, 15) is 9.90 Å². The minimum Gasteiger partial charge on any atom is -0.496 e. The number of nitrogens with one attached hydrogen (secondary N) is 1. The number of pyridine rings is 1. The van der Waals surface area contributed by atoms with Gasteiger partial charge in [0.25, 0.3) is 5.91 Å². The summed E-state index contributed by atoms with van der Waals surface area (Å²) in [6, 6.07) is 35.9. The number of carbonyl (C=O) groups excluding carboxylic acids is 1. The molecule has 1 aliphatic rings. The summed E-state index contributed by atoms with van der Waals surface area (Å²) in [5, 5.41) is 12.6. The van der Waals surface area contributed by atoms with Gasteiger partial charge in [0.05, 0.1) is 31.5 Å². The van der Waals surface area contributed by atoms with Gasteiger partial charge in [0, 0.05) is 41.1 Å². The molecule has 0 saturated carbocycles. The Hall–Kier alpha value is -4.47. The maximum absolute atomic E-state index is 12.6. The van der Waals surface area contributed by atoms with Crippen molar-refractivity contribution >= 4 is 17.7 Å². The summed E-state index contributed by atoms with van der Waals surface area (Å²) in [6.45, 7) is 2.57. The molecule has 6 rings (SSSR count). The molecular formula is C39H38N2O5S. The highest BCUT2D eigenvalue weighted by Gasteiger charge is 2.38. The number of carbonyl (C=O) groups is 1. The Morgan fingerprint density at radius 2 is 1.66 bits per heavy atom. The van der Waals surface area contributed by atoms with Crippen molar-refractivity contribution in [3.05, 3.63) is 149 Å². The summed E-state index contributed by atoms with van der Waals surface area (Å²) in [5.74, 6) is 1.47. The van der Waals surface area contributed by atoms with Crippen LogP contribution in [0.25, 0.3) is 11.1 Å². The number of hydrogen-bond acceptors (Lipinski definition) is 7. The highest BCUT2D eigenvalue weighted by Crippen LogP contribution is 2.44. The van der Waals surface area contributed by atoms with E-state index in [2.05, 4.69) is 47.6 Å². The molecule has 1 saturated heterocycles. The molecule has 0 aliphatic carbocycles. The van der Waals surface area contributed by atoms with E-state index < -0.39 is 6.29 Å². The van der Waals surface area contributed by atoms with Crippen molar-refractivity contribution in [2.45, 2.75) is 43.5 Å². The Kier molecular flexibility index (Phi) is 10.6. The average Bonchev–Trinajstić information content (AvgIpc) is 3.14. The van der Waals surface area contributed by atoms with Crippen molar-refractivity contribution < 1.29 is 24.1 Å². The number of aliphatic hydroxyl groups is 1. The van der Waals surface area contributed by atoms with E-state index in [4.69, 9.17) is 14.2 Å². The van der Waals surface area contributed by atoms with Gasteiger partial charge >= 0.3 is 0 Å². The Bertz CT molecular complexity index is 1780. The standard InChI is InChI=1S/C39H38N2O5S/c1-26-35(25-47-36-14-4-3-13-34(36)44-2)45-39(46-37(26)29-17-15-27(24-42)16-18-29)32-11-6-10-31(21-32)30-9-5-8-28(20-30)22-41-38(43)33-12-7-19-40-23-33/h3-21,23,26,35,37,39,42H,22,24-25H2,1-2H3,(H,41,43)/t26-,35+,37+,39+/m0/s1. The first-order chi connectivity index (χ1) is 23.0. The molecule has 1 amide bonds. The number of thioether (sulfide) groups is 1. The molecule has 0 radical (unpaired) electrons. The maximum Gasteiger partial charge on any atom is 0.253 e. The molecule has 0 spiro atoms. The third-order valence-electron chi connectivity index (χ3n) is 8.39. The van der Waals surface area contributed by atoms with E-state index in [-0.39, 0.29) is 30.6 Å². The fourth-order valence-electron chi connectivity index (χ4n) is 5.73. The minimum absolute atomic E-state index is 0.00383. The third kappa shape index (κ3) is 7.92. The van der Waals surface area contributed by atoms with Gasteiger partial charge < -0.3 is 24.6 Å². The molecule has 4 atom stereocenters. The lowest BCUT2D eigenvalue weighted by Crippen LogP contribution is -2.38.